The maximum absolute atomic E-state index is 16.2. The number of imide groups is 1. The predicted molar refractivity (Wildman–Crippen MR) is 275 cm³/mol. The molecule has 2 aromatic heterocycles. The number of likely N-dealkylation sites (N-methyl/N-ethyl adjacent to an activating group) is 1. The van der Waals surface area contributed by atoms with Crippen molar-refractivity contribution >= 4 is 40.5 Å². The number of likely N-dealkylation sites (tertiary alicyclic amines) is 2. The lowest BCUT2D eigenvalue weighted by atomic mass is 9.85. The van der Waals surface area contributed by atoms with Crippen molar-refractivity contribution < 1.29 is 32.3 Å². The Labute approximate surface area is 431 Å². The first kappa shape index (κ1) is 51.8. The van der Waals surface area contributed by atoms with Crippen LogP contribution < -0.4 is 16.2 Å². The fourth-order valence-electron chi connectivity index (χ4n) is 12.6. The highest BCUT2D eigenvalue weighted by Crippen LogP contribution is 2.43. The number of pyridine rings is 1. The van der Waals surface area contributed by atoms with Crippen LogP contribution >= 0.6 is 0 Å². The maximum atomic E-state index is 16.2. The van der Waals surface area contributed by atoms with E-state index in [9.17, 15) is 24.0 Å². The minimum Gasteiger partial charge on any atom is -0.363 e. The second-order valence-corrected chi connectivity index (χ2v) is 21.9. The second-order valence-electron chi connectivity index (χ2n) is 21.9. The molecule has 7 aliphatic heterocycles. The molecule has 7 aliphatic rings. The Morgan fingerprint density at radius 1 is 0.743 bits per heavy atom. The first-order valence-electron chi connectivity index (χ1n) is 27.2. The summed E-state index contributed by atoms with van der Waals surface area (Å²) in [5.41, 5.74) is 3.17. The summed E-state index contributed by atoms with van der Waals surface area (Å²) in [6, 6.07) is 10.6. The molecule has 0 radical (unpaired) electrons. The molecule has 4 amide bonds. The molecule has 4 fully saturated rings. The molecule has 9 heterocycles. The number of hydrogen-bond donors (Lipinski definition) is 2. The molecule has 0 saturated carbocycles. The molecule has 11 rings (SSSR count). The molecule has 2 aromatic carbocycles. The number of unbranched alkanes of at least 4 members (excludes halogenated alkanes) is 2. The van der Waals surface area contributed by atoms with Gasteiger partial charge in [-0.25, -0.2) is 23.1 Å². The molecule has 4 aromatic rings. The minimum atomic E-state index is -2.97. The van der Waals surface area contributed by atoms with Gasteiger partial charge in [0.15, 0.2) is 0 Å². The quantitative estimate of drug-likeness (QED) is 0.130. The van der Waals surface area contributed by atoms with Crippen LogP contribution in [-0.4, -0.2) is 141 Å². The summed E-state index contributed by atoms with van der Waals surface area (Å²) in [5.74, 6) is -4.95. The lowest BCUT2D eigenvalue weighted by molar-refractivity contribution is -0.137. The summed E-state index contributed by atoms with van der Waals surface area (Å²) in [5, 5.41) is 6.41. The van der Waals surface area contributed by atoms with Crippen LogP contribution in [0.4, 0.5) is 19.0 Å². The van der Waals surface area contributed by atoms with Crippen LogP contribution in [-0.2, 0) is 33.4 Å². The van der Waals surface area contributed by atoms with E-state index in [0.29, 0.717) is 71.6 Å². The summed E-state index contributed by atoms with van der Waals surface area (Å²) in [7, 11) is 1.77. The molecule has 1 unspecified atom stereocenters. The largest absolute Gasteiger partial charge is 0.363 e. The number of piperidine rings is 4. The van der Waals surface area contributed by atoms with Gasteiger partial charge in [-0.3, -0.25) is 33.9 Å². The van der Waals surface area contributed by atoms with E-state index in [2.05, 4.69) is 35.3 Å². The van der Waals surface area contributed by atoms with Crippen molar-refractivity contribution in [3.8, 4) is 0 Å². The number of nitrogens with zero attached hydrogens (tertiary/aromatic N) is 8. The zero-order chi connectivity index (χ0) is 51.7. The van der Waals surface area contributed by atoms with Gasteiger partial charge in [0.2, 0.25) is 17.7 Å². The van der Waals surface area contributed by atoms with Crippen LogP contribution in [0.25, 0.3) is 11.0 Å². The highest BCUT2D eigenvalue weighted by atomic mass is 19.3. The van der Waals surface area contributed by atoms with Gasteiger partial charge in [-0.15, -0.1) is 0 Å². The predicted octanol–water partition coefficient (Wildman–Crippen LogP) is 7.15. The van der Waals surface area contributed by atoms with Gasteiger partial charge in [0.25, 0.3) is 17.4 Å². The smallest absolute Gasteiger partial charge is 0.276 e. The Kier molecular flexibility index (Phi) is 15.6. The molecule has 18 heteroatoms. The van der Waals surface area contributed by atoms with Crippen molar-refractivity contribution in [2.24, 2.45) is 5.92 Å². The molecule has 74 heavy (non-hydrogen) atoms. The van der Waals surface area contributed by atoms with E-state index in [1.165, 1.54) is 27.9 Å². The van der Waals surface area contributed by atoms with Crippen LogP contribution in [0.3, 0.4) is 0 Å². The van der Waals surface area contributed by atoms with Crippen molar-refractivity contribution in [1.82, 2.24) is 44.4 Å². The Morgan fingerprint density at radius 2 is 1.43 bits per heavy atom. The Hall–Kier alpha value is -5.72. The SMILES string of the molecule is C[C@H]1Nc2ncnc3c2cc(C2CCN(CCCCCN4CCC(c5cc6c(cc5F)C(=O)N(C5CCC(=O)NC5=O)C6)CC4)CC2)c(=O)n3CC(=O)N(C)CCCCN2CCC(CC2)C(F)(F)c2cccc1c2. The molecular formula is C56H71F3N10O5. The lowest BCUT2D eigenvalue weighted by Crippen LogP contribution is -2.52. The topological polar surface area (TPSA) is 156 Å². The van der Waals surface area contributed by atoms with E-state index in [4.69, 9.17) is 0 Å². The van der Waals surface area contributed by atoms with E-state index in [1.807, 2.05) is 25.1 Å². The third kappa shape index (κ3) is 11.0. The number of alkyl halides is 2. The fraction of sp³-hybridized carbons (Fsp3) is 0.589. The van der Waals surface area contributed by atoms with E-state index in [-0.39, 0.29) is 72.4 Å². The number of carbonyl (C=O) groups is 4. The summed E-state index contributed by atoms with van der Waals surface area (Å²) >= 11 is 0. The number of hydrogen-bond acceptors (Lipinski definition) is 11. The van der Waals surface area contributed by atoms with Gasteiger partial charge in [0.05, 0.1) is 5.39 Å². The van der Waals surface area contributed by atoms with E-state index in [1.54, 1.807) is 24.1 Å². The number of amides is 4. The van der Waals surface area contributed by atoms with Gasteiger partial charge in [-0.2, -0.15) is 0 Å². The zero-order valence-electron chi connectivity index (χ0n) is 42.9. The highest BCUT2D eigenvalue weighted by Gasteiger charge is 2.43. The Balaban J connectivity index is 0.743. The molecule has 396 valence electrons. The van der Waals surface area contributed by atoms with Gasteiger partial charge in [-0.1, -0.05) is 30.7 Å². The van der Waals surface area contributed by atoms with Gasteiger partial charge in [-0.05, 0) is 183 Å². The first-order valence-corrected chi connectivity index (χ1v) is 27.2. The van der Waals surface area contributed by atoms with Crippen LogP contribution in [0.15, 0.2) is 53.6 Å². The molecule has 2 N–H and O–H groups in total. The number of anilines is 1. The third-order valence-electron chi connectivity index (χ3n) is 17.2. The normalized spacial score (nSPS) is 25.0. The molecule has 15 nitrogen and oxygen atoms in total. The lowest BCUT2D eigenvalue weighted by Gasteiger charge is -2.36. The summed E-state index contributed by atoms with van der Waals surface area (Å²) in [6.07, 6.45) is 10.7. The van der Waals surface area contributed by atoms with E-state index < -0.39 is 29.8 Å². The number of fused-ring (bicyclic) bond motifs is 10. The van der Waals surface area contributed by atoms with E-state index >= 15 is 13.2 Å². The van der Waals surface area contributed by atoms with Gasteiger partial charge >= 0.3 is 0 Å². The number of benzene rings is 2. The molecule has 2 atom stereocenters. The summed E-state index contributed by atoms with van der Waals surface area (Å²) < 4.78 is 49.4. The summed E-state index contributed by atoms with van der Waals surface area (Å²) in [4.78, 5) is 85.4. The standard InChI is InChI=1S/C56H71F3N10O5/c1-36-39-9-8-10-42(29-39)56(58,59)41-17-27-67(28-18-41)22-7-6-19-64(2)50(71)34-69-52-46(51(62-36)60-35-61-52)31-44(55(69)74)38-15-25-66(26-16-38)21-5-3-4-20-65-23-13-37(14-24-65)43-30-40-33-68(54(73)45(40)32-47(43)57)48-11-12-49(70)63-53(48)72/h8-10,29-32,35-38,41,48H,3-7,11-28,33-34H2,1-2H3,(H,60,61,62)(H,63,70,72)/t36-,48?/m1/s1. The van der Waals surface area contributed by atoms with Gasteiger partial charge in [0.1, 0.15) is 36.2 Å². The monoisotopic (exact) mass is 1020 g/mol. The molecule has 0 aliphatic carbocycles. The average Bonchev–Trinajstić information content (AvgIpc) is 3.71. The van der Waals surface area contributed by atoms with Crippen molar-refractivity contribution in [3.63, 3.8) is 0 Å². The van der Waals surface area contributed by atoms with Gasteiger partial charge in [0, 0.05) is 55.2 Å². The fourth-order valence-corrected chi connectivity index (χ4v) is 12.6. The molecule has 0 spiro atoms. The highest BCUT2D eigenvalue weighted by molar-refractivity contribution is 6.05. The zero-order valence-corrected chi connectivity index (χ0v) is 42.9. The minimum absolute atomic E-state index is 0.0236. The number of rotatable bonds is 9. The number of nitrogens with one attached hydrogen (secondary N) is 2. The molecular weight excluding hydrogens is 950 g/mol. The molecule has 4 saturated heterocycles. The maximum Gasteiger partial charge on any atom is 0.276 e. The summed E-state index contributed by atoms with van der Waals surface area (Å²) in [6.45, 7) is 9.91. The third-order valence-corrected chi connectivity index (χ3v) is 17.2. The second kappa shape index (κ2) is 22.2. The Morgan fingerprint density at radius 3 is 2.14 bits per heavy atom. The number of aromatic nitrogens is 3. The average molecular weight is 1020 g/mol. The van der Waals surface area contributed by atoms with E-state index in [0.717, 1.165) is 109 Å². The first-order chi connectivity index (χ1) is 35.7. The Bertz CT molecular complexity index is 2800. The van der Waals surface area contributed by atoms with Crippen molar-refractivity contribution in [2.45, 2.75) is 133 Å². The van der Waals surface area contributed by atoms with Crippen LogP contribution in [0.5, 0.6) is 0 Å². The number of halogens is 3. The molecule has 8 bridgehead atoms. The number of carbonyl (C=O) groups excluding carboxylic acids is 4. The van der Waals surface area contributed by atoms with Crippen LogP contribution in [0.1, 0.15) is 146 Å². The van der Waals surface area contributed by atoms with Crippen LogP contribution in [0.2, 0.25) is 0 Å². The van der Waals surface area contributed by atoms with Crippen molar-refractivity contribution in [3.05, 3.63) is 98.3 Å². The van der Waals surface area contributed by atoms with Crippen molar-refractivity contribution in [2.75, 3.05) is 77.8 Å². The van der Waals surface area contributed by atoms with Crippen molar-refractivity contribution in [1.29, 1.82) is 0 Å². The van der Waals surface area contributed by atoms with Crippen LogP contribution in [0, 0.1) is 11.7 Å². The van der Waals surface area contributed by atoms with Gasteiger partial charge < -0.3 is 29.8 Å².